The van der Waals surface area contributed by atoms with Gasteiger partial charge in [0, 0.05) is 12.1 Å². The van der Waals surface area contributed by atoms with Crippen LogP contribution in [0.5, 0.6) is 17.2 Å². The molecule has 25 heavy (non-hydrogen) atoms. The zero-order valence-corrected chi connectivity index (χ0v) is 14.4. The highest BCUT2D eigenvalue weighted by Crippen LogP contribution is 2.30. The third-order valence-corrected chi connectivity index (χ3v) is 3.97. The van der Waals surface area contributed by atoms with Gasteiger partial charge < -0.3 is 19.5 Å². The van der Waals surface area contributed by atoms with Gasteiger partial charge in [0.1, 0.15) is 19.0 Å². The molecule has 0 aliphatic carbocycles. The van der Waals surface area contributed by atoms with E-state index in [1.807, 2.05) is 19.1 Å². The molecule has 5 heteroatoms. The van der Waals surface area contributed by atoms with Crippen LogP contribution >= 0.6 is 0 Å². The van der Waals surface area contributed by atoms with Gasteiger partial charge in [-0.3, -0.25) is 4.79 Å². The summed E-state index contributed by atoms with van der Waals surface area (Å²) in [6, 6.07) is 13.4. The van der Waals surface area contributed by atoms with Crippen molar-refractivity contribution in [3.8, 4) is 17.2 Å². The predicted octanol–water partition coefficient (Wildman–Crippen LogP) is 3.22. The van der Waals surface area contributed by atoms with Gasteiger partial charge in [0.15, 0.2) is 11.5 Å². The number of nitrogens with one attached hydrogen (secondary N) is 1. The Bertz CT molecular complexity index is 712. The van der Waals surface area contributed by atoms with Gasteiger partial charge in [0.05, 0.1) is 6.61 Å². The molecule has 3 rings (SSSR count). The number of hydrogen-bond donors (Lipinski definition) is 1. The summed E-state index contributed by atoms with van der Waals surface area (Å²) >= 11 is 0. The topological polar surface area (TPSA) is 56.8 Å². The van der Waals surface area contributed by atoms with Gasteiger partial charge in [-0.05, 0) is 55.7 Å². The summed E-state index contributed by atoms with van der Waals surface area (Å²) in [6.45, 7) is 4.33. The standard InChI is InChI=1S/C20H23NO4/c1-2-23-17-8-5-15(6-9-17)4-3-11-21-20(22)16-7-10-18-19(14-16)25-13-12-24-18/h5-10,14H,2-4,11-13H2,1H3,(H,21,22). The van der Waals surface area contributed by atoms with Crippen LogP contribution < -0.4 is 19.5 Å². The van der Waals surface area contributed by atoms with Crippen molar-refractivity contribution >= 4 is 5.91 Å². The van der Waals surface area contributed by atoms with E-state index in [1.165, 1.54) is 5.56 Å². The molecule has 5 nitrogen and oxygen atoms in total. The van der Waals surface area contributed by atoms with Gasteiger partial charge in [0.25, 0.3) is 5.91 Å². The lowest BCUT2D eigenvalue weighted by atomic mass is 10.1. The minimum atomic E-state index is -0.0938. The molecule has 0 atom stereocenters. The van der Waals surface area contributed by atoms with Gasteiger partial charge in [-0.25, -0.2) is 0 Å². The number of fused-ring (bicyclic) bond motifs is 1. The number of carbonyl (C=O) groups is 1. The molecule has 0 unspecified atom stereocenters. The van der Waals surface area contributed by atoms with Crippen LogP contribution in [0, 0.1) is 0 Å². The van der Waals surface area contributed by atoms with E-state index in [9.17, 15) is 4.79 Å². The van der Waals surface area contributed by atoms with Crippen LogP contribution in [0.4, 0.5) is 0 Å². The monoisotopic (exact) mass is 341 g/mol. The number of aryl methyl sites for hydroxylation is 1. The number of benzene rings is 2. The number of ether oxygens (including phenoxy) is 3. The van der Waals surface area contributed by atoms with Crippen molar-refractivity contribution in [2.24, 2.45) is 0 Å². The third kappa shape index (κ3) is 4.66. The zero-order chi connectivity index (χ0) is 17.5. The minimum Gasteiger partial charge on any atom is -0.494 e. The lowest BCUT2D eigenvalue weighted by molar-refractivity contribution is 0.0952. The fourth-order valence-electron chi connectivity index (χ4n) is 2.70. The highest BCUT2D eigenvalue weighted by atomic mass is 16.6. The van der Waals surface area contributed by atoms with E-state index in [2.05, 4.69) is 17.4 Å². The Kier molecular flexibility index (Phi) is 5.77. The SMILES string of the molecule is CCOc1ccc(CCCNC(=O)c2ccc3c(c2)OCCO3)cc1. The number of rotatable bonds is 7. The maximum absolute atomic E-state index is 12.2. The molecule has 1 N–H and O–H groups in total. The second kappa shape index (κ2) is 8.42. The average Bonchev–Trinajstić information content (AvgIpc) is 2.66. The zero-order valence-electron chi connectivity index (χ0n) is 14.4. The van der Waals surface area contributed by atoms with Gasteiger partial charge >= 0.3 is 0 Å². The summed E-state index contributed by atoms with van der Waals surface area (Å²) in [4.78, 5) is 12.2. The molecule has 0 aromatic heterocycles. The van der Waals surface area contributed by atoms with Crippen LogP contribution in [-0.2, 0) is 6.42 Å². The fraction of sp³-hybridized carbons (Fsp3) is 0.350. The number of carbonyl (C=O) groups excluding carboxylic acids is 1. The lowest BCUT2D eigenvalue weighted by Gasteiger charge is -2.18. The van der Waals surface area contributed by atoms with Crippen LogP contribution in [-0.4, -0.2) is 32.3 Å². The van der Waals surface area contributed by atoms with Crippen LogP contribution in [0.15, 0.2) is 42.5 Å². The van der Waals surface area contributed by atoms with Crippen LogP contribution in [0.1, 0.15) is 29.3 Å². The van der Waals surface area contributed by atoms with E-state index in [1.54, 1.807) is 18.2 Å². The predicted molar refractivity (Wildman–Crippen MR) is 95.7 cm³/mol. The smallest absolute Gasteiger partial charge is 0.251 e. The summed E-state index contributed by atoms with van der Waals surface area (Å²) in [5.74, 6) is 2.12. The first-order valence-corrected chi connectivity index (χ1v) is 8.66. The van der Waals surface area contributed by atoms with E-state index in [-0.39, 0.29) is 5.91 Å². The molecule has 0 fully saturated rings. The Morgan fingerprint density at radius 1 is 1.08 bits per heavy atom. The molecule has 2 aromatic carbocycles. The summed E-state index contributed by atoms with van der Waals surface area (Å²) in [5.41, 5.74) is 1.82. The molecule has 1 aliphatic rings. The van der Waals surface area contributed by atoms with E-state index in [4.69, 9.17) is 14.2 Å². The first kappa shape index (κ1) is 17.1. The molecular weight excluding hydrogens is 318 g/mol. The Morgan fingerprint density at radius 3 is 2.60 bits per heavy atom. The molecule has 0 bridgehead atoms. The Hall–Kier alpha value is -2.69. The molecule has 1 amide bonds. The maximum Gasteiger partial charge on any atom is 0.251 e. The molecular formula is C20H23NO4. The van der Waals surface area contributed by atoms with Gasteiger partial charge in [0.2, 0.25) is 0 Å². The summed E-state index contributed by atoms with van der Waals surface area (Å²) in [6.07, 6.45) is 1.79. The molecule has 0 saturated carbocycles. The second-order valence-electron chi connectivity index (χ2n) is 5.79. The van der Waals surface area contributed by atoms with Crippen molar-refractivity contribution in [1.29, 1.82) is 0 Å². The van der Waals surface area contributed by atoms with E-state index < -0.39 is 0 Å². The number of hydrogen-bond acceptors (Lipinski definition) is 4. The summed E-state index contributed by atoms with van der Waals surface area (Å²) < 4.78 is 16.4. The van der Waals surface area contributed by atoms with Crippen molar-refractivity contribution in [3.05, 3.63) is 53.6 Å². The highest BCUT2D eigenvalue weighted by Gasteiger charge is 2.14. The molecule has 0 spiro atoms. The molecule has 0 radical (unpaired) electrons. The maximum atomic E-state index is 12.2. The Labute approximate surface area is 147 Å². The fourth-order valence-corrected chi connectivity index (χ4v) is 2.70. The minimum absolute atomic E-state index is 0.0938. The quantitative estimate of drug-likeness (QED) is 0.786. The molecule has 0 saturated heterocycles. The van der Waals surface area contributed by atoms with Crippen molar-refractivity contribution in [2.45, 2.75) is 19.8 Å². The normalized spacial score (nSPS) is 12.5. The van der Waals surface area contributed by atoms with Gasteiger partial charge in [-0.15, -0.1) is 0 Å². The molecule has 132 valence electrons. The van der Waals surface area contributed by atoms with Gasteiger partial charge in [-0.2, -0.15) is 0 Å². The Morgan fingerprint density at radius 2 is 1.84 bits per heavy atom. The second-order valence-corrected chi connectivity index (χ2v) is 5.79. The molecule has 1 heterocycles. The summed E-state index contributed by atoms with van der Waals surface area (Å²) in [5, 5.41) is 2.95. The van der Waals surface area contributed by atoms with Crippen molar-refractivity contribution < 1.29 is 19.0 Å². The van der Waals surface area contributed by atoms with Crippen LogP contribution in [0.3, 0.4) is 0 Å². The van der Waals surface area contributed by atoms with Crippen LogP contribution in [0.25, 0.3) is 0 Å². The lowest BCUT2D eigenvalue weighted by Crippen LogP contribution is -2.25. The van der Waals surface area contributed by atoms with Crippen molar-refractivity contribution in [2.75, 3.05) is 26.4 Å². The first-order chi connectivity index (χ1) is 12.3. The highest BCUT2D eigenvalue weighted by molar-refractivity contribution is 5.94. The Balaban J connectivity index is 1.44. The van der Waals surface area contributed by atoms with Crippen molar-refractivity contribution in [1.82, 2.24) is 5.32 Å². The molecule has 2 aromatic rings. The largest absolute Gasteiger partial charge is 0.494 e. The van der Waals surface area contributed by atoms with Crippen molar-refractivity contribution in [3.63, 3.8) is 0 Å². The van der Waals surface area contributed by atoms with E-state index in [0.717, 1.165) is 18.6 Å². The summed E-state index contributed by atoms with van der Waals surface area (Å²) in [7, 11) is 0. The molecule has 1 aliphatic heterocycles. The van der Waals surface area contributed by atoms with E-state index >= 15 is 0 Å². The van der Waals surface area contributed by atoms with Gasteiger partial charge in [-0.1, -0.05) is 12.1 Å². The average molecular weight is 341 g/mol. The number of amides is 1. The van der Waals surface area contributed by atoms with Crippen LogP contribution in [0.2, 0.25) is 0 Å². The first-order valence-electron chi connectivity index (χ1n) is 8.66. The van der Waals surface area contributed by atoms with E-state index in [0.29, 0.717) is 43.4 Å². The third-order valence-electron chi connectivity index (χ3n) is 3.97.